The molecule has 0 saturated heterocycles. The molecule has 1 rings (SSSR count). The highest BCUT2D eigenvalue weighted by atomic mass is 35.5. The molecule has 0 aliphatic carbocycles. The average Bonchev–Trinajstić information content (AvgIpc) is 2.46. The standard InChI is InChI=1S/C12H22ClN3/c1-9(2)7-6-8-16-10(12(3,4)5)14-15-11(16)13/h9H,6-8H2,1-5H3. The van der Waals surface area contributed by atoms with Gasteiger partial charge in [0, 0.05) is 12.0 Å². The number of rotatable bonds is 4. The van der Waals surface area contributed by atoms with Crippen LogP contribution in [0.2, 0.25) is 5.28 Å². The minimum Gasteiger partial charge on any atom is -0.301 e. The van der Waals surface area contributed by atoms with Gasteiger partial charge < -0.3 is 4.57 Å². The Bertz CT molecular complexity index is 337. The fourth-order valence-electron chi connectivity index (χ4n) is 1.69. The fraction of sp³-hybridized carbons (Fsp3) is 0.833. The summed E-state index contributed by atoms with van der Waals surface area (Å²) in [5.74, 6) is 1.70. The van der Waals surface area contributed by atoms with Crippen LogP contribution in [-0.4, -0.2) is 14.8 Å². The third kappa shape index (κ3) is 3.48. The van der Waals surface area contributed by atoms with Crippen molar-refractivity contribution in [2.45, 2.75) is 59.4 Å². The van der Waals surface area contributed by atoms with Gasteiger partial charge in [0.15, 0.2) is 0 Å². The van der Waals surface area contributed by atoms with Crippen molar-refractivity contribution in [3.63, 3.8) is 0 Å². The molecule has 0 N–H and O–H groups in total. The van der Waals surface area contributed by atoms with E-state index in [2.05, 4.69) is 44.8 Å². The summed E-state index contributed by atoms with van der Waals surface area (Å²) in [4.78, 5) is 0. The van der Waals surface area contributed by atoms with Crippen LogP contribution in [0.3, 0.4) is 0 Å². The largest absolute Gasteiger partial charge is 0.301 e. The number of halogens is 1. The predicted molar refractivity (Wildman–Crippen MR) is 67.8 cm³/mol. The van der Waals surface area contributed by atoms with Gasteiger partial charge in [0.05, 0.1) is 0 Å². The van der Waals surface area contributed by atoms with E-state index < -0.39 is 0 Å². The van der Waals surface area contributed by atoms with Gasteiger partial charge >= 0.3 is 0 Å². The molecule has 0 saturated carbocycles. The molecular formula is C12H22ClN3. The van der Waals surface area contributed by atoms with Crippen LogP contribution in [0, 0.1) is 5.92 Å². The normalized spacial score (nSPS) is 12.4. The number of hydrogen-bond donors (Lipinski definition) is 0. The summed E-state index contributed by atoms with van der Waals surface area (Å²) in [6.07, 6.45) is 2.33. The molecule has 0 aliphatic heterocycles. The average molecular weight is 244 g/mol. The monoisotopic (exact) mass is 243 g/mol. The Kier molecular flexibility index (Phi) is 4.36. The zero-order valence-corrected chi connectivity index (χ0v) is 11.7. The Morgan fingerprint density at radius 3 is 2.38 bits per heavy atom. The van der Waals surface area contributed by atoms with Crippen LogP contribution in [0.15, 0.2) is 0 Å². The first-order chi connectivity index (χ1) is 7.32. The maximum atomic E-state index is 6.06. The molecule has 0 spiro atoms. The second-order valence-corrected chi connectivity index (χ2v) is 6.07. The van der Waals surface area contributed by atoms with Crippen molar-refractivity contribution in [2.24, 2.45) is 5.92 Å². The molecule has 1 heterocycles. The Hall–Kier alpha value is -0.570. The molecule has 1 aromatic heterocycles. The lowest BCUT2D eigenvalue weighted by Crippen LogP contribution is -2.19. The van der Waals surface area contributed by atoms with Crippen LogP contribution in [-0.2, 0) is 12.0 Å². The van der Waals surface area contributed by atoms with E-state index in [4.69, 9.17) is 11.6 Å². The zero-order valence-electron chi connectivity index (χ0n) is 10.9. The SMILES string of the molecule is CC(C)CCCn1c(Cl)nnc1C(C)(C)C. The first-order valence-corrected chi connectivity index (χ1v) is 6.29. The summed E-state index contributed by atoms with van der Waals surface area (Å²) in [6.45, 7) is 11.8. The van der Waals surface area contributed by atoms with E-state index in [0.717, 1.165) is 24.7 Å². The van der Waals surface area contributed by atoms with Crippen molar-refractivity contribution in [1.82, 2.24) is 14.8 Å². The van der Waals surface area contributed by atoms with Gasteiger partial charge in [-0.15, -0.1) is 10.2 Å². The summed E-state index contributed by atoms with van der Waals surface area (Å²) in [5, 5.41) is 8.63. The van der Waals surface area contributed by atoms with Crippen molar-refractivity contribution < 1.29 is 0 Å². The molecule has 4 heteroatoms. The molecule has 0 radical (unpaired) electrons. The predicted octanol–water partition coefficient (Wildman–Crippen LogP) is 3.67. The van der Waals surface area contributed by atoms with Gasteiger partial charge in [-0.1, -0.05) is 34.6 Å². The van der Waals surface area contributed by atoms with E-state index in [9.17, 15) is 0 Å². The van der Waals surface area contributed by atoms with Crippen molar-refractivity contribution in [3.05, 3.63) is 11.1 Å². The van der Waals surface area contributed by atoms with Gasteiger partial charge in [-0.05, 0) is 30.4 Å². The van der Waals surface area contributed by atoms with E-state index >= 15 is 0 Å². The lowest BCUT2D eigenvalue weighted by molar-refractivity contribution is 0.462. The molecule has 0 unspecified atom stereocenters. The van der Waals surface area contributed by atoms with E-state index in [1.807, 2.05) is 4.57 Å². The molecule has 0 amide bonds. The summed E-state index contributed by atoms with van der Waals surface area (Å²) in [7, 11) is 0. The molecule has 92 valence electrons. The van der Waals surface area contributed by atoms with Crippen molar-refractivity contribution in [2.75, 3.05) is 0 Å². The van der Waals surface area contributed by atoms with E-state index in [1.54, 1.807) is 0 Å². The number of hydrogen-bond acceptors (Lipinski definition) is 2. The van der Waals surface area contributed by atoms with Gasteiger partial charge in [-0.3, -0.25) is 0 Å². The smallest absolute Gasteiger partial charge is 0.225 e. The number of aromatic nitrogens is 3. The first kappa shape index (κ1) is 13.5. The van der Waals surface area contributed by atoms with Crippen molar-refractivity contribution in [3.8, 4) is 0 Å². The maximum Gasteiger partial charge on any atom is 0.225 e. The number of nitrogens with zero attached hydrogens (tertiary/aromatic N) is 3. The van der Waals surface area contributed by atoms with Gasteiger partial charge in [0.2, 0.25) is 5.28 Å². The van der Waals surface area contributed by atoms with Crippen LogP contribution in [0.1, 0.15) is 53.3 Å². The second kappa shape index (κ2) is 5.17. The van der Waals surface area contributed by atoms with Crippen molar-refractivity contribution in [1.29, 1.82) is 0 Å². The molecule has 0 aromatic carbocycles. The summed E-state index contributed by atoms with van der Waals surface area (Å²) in [5.41, 5.74) is -0.00201. The van der Waals surface area contributed by atoms with Crippen LogP contribution in [0.5, 0.6) is 0 Å². The Balaban J connectivity index is 2.75. The third-order valence-corrected chi connectivity index (χ3v) is 2.82. The Morgan fingerprint density at radius 1 is 1.25 bits per heavy atom. The van der Waals surface area contributed by atoms with E-state index in [1.165, 1.54) is 6.42 Å². The summed E-state index contributed by atoms with van der Waals surface area (Å²) >= 11 is 6.06. The molecule has 0 fully saturated rings. The zero-order chi connectivity index (χ0) is 12.3. The maximum absolute atomic E-state index is 6.06. The second-order valence-electron chi connectivity index (χ2n) is 5.73. The highest BCUT2D eigenvalue weighted by Gasteiger charge is 2.22. The quantitative estimate of drug-likeness (QED) is 0.808. The minimum absolute atomic E-state index is 0.00201. The van der Waals surface area contributed by atoms with Crippen molar-refractivity contribution >= 4 is 11.6 Å². The highest BCUT2D eigenvalue weighted by Crippen LogP contribution is 2.23. The topological polar surface area (TPSA) is 30.7 Å². The molecule has 0 bridgehead atoms. The molecular weight excluding hydrogens is 222 g/mol. The van der Waals surface area contributed by atoms with Crippen LogP contribution in [0.25, 0.3) is 0 Å². The Morgan fingerprint density at radius 2 is 1.88 bits per heavy atom. The molecule has 0 aliphatic rings. The minimum atomic E-state index is -0.00201. The van der Waals surface area contributed by atoms with Crippen LogP contribution >= 0.6 is 11.6 Å². The molecule has 0 atom stereocenters. The molecule has 16 heavy (non-hydrogen) atoms. The lowest BCUT2D eigenvalue weighted by atomic mass is 9.95. The van der Waals surface area contributed by atoms with Crippen LogP contribution < -0.4 is 0 Å². The molecule has 1 aromatic rings. The van der Waals surface area contributed by atoms with Gasteiger partial charge in [-0.25, -0.2) is 0 Å². The van der Waals surface area contributed by atoms with Gasteiger partial charge in [0.1, 0.15) is 5.82 Å². The van der Waals surface area contributed by atoms with Gasteiger partial charge in [0.25, 0.3) is 0 Å². The van der Waals surface area contributed by atoms with Crippen LogP contribution in [0.4, 0.5) is 0 Å². The third-order valence-electron chi connectivity index (χ3n) is 2.54. The highest BCUT2D eigenvalue weighted by molar-refractivity contribution is 6.28. The summed E-state index contributed by atoms with van der Waals surface area (Å²) < 4.78 is 2.03. The molecule has 3 nitrogen and oxygen atoms in total. The fourth-order valence-corrected chi connectivity index (χ4v) is 1.90. The van der Waals surface area contributed by atoms with E-state index in [0.29, 0.717) is 5.28 Å². The lowest BCUT2D eigenvalue weighted by Gasteiger charge is -2.19. The van der Waals surface area contributed by atoms with Gasteiger partial charge in [-0.2, -0.15) is 0 Å². The Labute approximate surface area is 103 Å². The first-order valence-electron chi connectivity index (χ1n) is 5.91. The van der Waals surface area contributed by atoms with E-state index in [-0.39, 0.29) is 5.41 Å². The summed E-state index contributed by atoms with van der Waals surface area (Å²) in [6, 6.07) is 0.